The molecule has 0 saturated heterocycles. The van der Waals surface area contributed by atoms with E-state index in [9.17, 15) is 0 Å². The quantitative estimate of drug-likeness (QED) is 0.744. The van der Waals surface area contributed by atoms with Crippen molar-refractivity contribution in [3.63, 3.8) is 0 Å². The van der Waals surface area contributed by atoms with Crippen LogP contribution in [0.5, 0.6) is 5.75 Å². The fourth-order valence-corrected chi connectivity index (χ4v) is 2.39. The van der Waals surface area contributed by atoms with Gasteiger partial charge in [0.15, 0.2) is 0 Å². The predicted octanol–water partition coefficient (Wildman–Crippen LogP) is 4.11. The number of fused-ring (bicyclic) bond motifs is 1. The van der Waals surface area contributed by atoms with Crippen molar-refractivity contribution in [2.24, 2.45) is 0 Å². The SMILES string of the molecule is CCCOc1ccc(Nc2nc(C)c3nc[nH]c3c2C)cc1. The van der Waals surface area contributed by atoms with Crippen LogP contribution < -0.4 is 10.1 Å². The van der Waals surface area contributed by atoms with Gasteiger partial charge in [0.05, 0.1) is 24.1 Å². The first-order chi connectivity index (χ1) is 10.7. The highest BCUT2D eigenvalue weighted by molar-refractivity contribution is 5.84. The number of ether oxygens (including phenoxy) is 1. The molecule has 1 aromatic carbocycles. The summed E-state index contributed by atoms with van der Waals surface area (Å²) >= 11 is 0. The van der Waals surface area contributed by atoms with E-state index in [1.807, 2.05) is 38.1 Å². The van der Waals surface area contributed by atoms with Crippen LogP contribution in [0.2, 0.25) is 0 Å². The standard InChI is InChI=1S/C17H20N4O/c1-4-9-22-14-7-5-13(6-8-14)21-17-11(2)15-16(12(3)20-17)19-10-18-15/h5-8,10H,4,9H2,1-3H3,(H,18,19)(H,20,21). The number of rotatable bonds is 5. The number of nitrogens with zero attached hydrogens (tertiary/aromatic N) is 2. The third-order valence-corrected chi connectivity index (χ3v) is 3.58. The fraction of sp³-hybridized carbons (Fsp3) is 0.294. The van der Waals surface area contributed by atoms with Crippen LogP contribution in [0.4, 0.5) is 11.5 Å². The third kappa shape index (κ3) is 2.74. The van der Waals surface area contributed by atoms with Gasteiger partial charge in [-0.2, -0.15) is 0 Å². The maximum absolute atomic E-state index is 5.59. The van der Waals surface area contributed by atoms with Crippen LogP contribution >= 0.6 is 0 Å². The highest BCUT2D eigenvalue weighted by Gasteiger charge is 2.10. The van der Waals surface area contributed by atoms with E-state index in [1.54, 1.807) is 6.33 Å². The smallest absolute Gasteiger partial charge is 0.135 e. The van der Waals surface area contributed by atoms with E-state index in [-0.39, 0.29) is 0 Å². The van der Waals surface area contributed by atoms with Crippen molar-refractivity contribution < 1.29 is 4.74 Å². The van der Waals surface area contributed by atoms with Crippen LogP contribution in [-0.4, -0.2) is 21.6 Å². The Labute approximate surface area is 129 Å². The van der Waals surface area contributed by atoms with Gasteiger partial charge < -0.3 is 15.0 Å². The van der Waals surface area contributed by atoms with E-state index >= 15 is 0 Å². The fourth-order valence-electron chi connectivity index (χ4n) is 2.39. The molecule has 0 saturated carbocycles. The number of pyridine rings is 1. The summed E-state index contributed by atoms with van der Waals surface area (Å²) in [7, 11) is 0. The summed E-state index contributed by atoms with van der Waals surface area (Å²) in [6.45, 7) is 6.84. The van der Waals surface area contributed by atoms with Gasteiger partial charge in [0.25, 0.3) is 0 Å². The number of benzene rings is 1. The largest absolute Gasteiger partial charge is 0.494 e. The summed E-state index contributed by atoms with van der Waals surface area (Å²) in [4.78, 5) is 12.1. The average Bonchev–Trinajstić information content (AvgIpc) is 3.02. The molecule has 0 radical (unpaired) electrons. The molecule has 114 valence electrons. The molecular formula is C17H20N4O. The lowest BCUT2D eigenvalue weighted by atomic mass is 10.2. The van der Waals surface area contributed by atoms with Crippen molar-refractivity contribution in [3.8, 4) is 5.75 Å². The van der Waals surface area contributed by atoms with E-state index < -0.39 is 0 Å². The normalized spacial score (nSPS) is 10.9. The lowest BCUT2D eigenvalue weighted by molar-refractivity contribution is 0.317. The molecule has 0 aliphatic rings. The highest BCUT2D eigenvalue weighted by Crippen LogP contribution is 2.26. The number of hydrogen-bond donors (Lipinski definition) is 2. The number of aryl methyl sites for hydroxylation is 2. The average molecular weight is 296 g/mol. The van der Waals surface area contributed by atoms with Crippen LogP contribution in [0.25, 0.3) is 11.0 Å². The van der Waals surface area contributed by atoms with Crippen LogP contribution in [0.15, 0.2) is 30.6 Å². The van der Waals surface area contributed by atoms with E-state index in [2.05, 4.69) is 27.2 Å². The first kappa shape index (κ1) is 14.4. The molecule has 22 heavy (non-hydrogen) atoms. The zero-order valence-corrected chi connectivity index (χ0v) is 13.1. The van der Waals surface area contributed by atoms with Gasteiger partial charge >= 0.3 is 0 Å². The number of nitrogens with one attached hydrogen (secondary N) is 2. The van der Waals surface area contributed by atoms with Crippen LogP contribution in [0, 0.1) is 13.8 Å². The lowest BCUT2D eigenvalue weighted by Gasteiger charge is -2.11. The minimum absolute atomic E-state index is 0.739. The minimum Gasteiger partial charge on any atom is -0.494 e. The molecule has 5 nitrogen and oxygen atoms in total. The van der Waals surface area contributed by atoms with Crippen molar-refractivity contribution in [1.29, 1.82) is 0 Å². The molecule has 0 spiro atoms. The van der Waals surface area contributed by atoms with E-state index in [1.165, 1.54) is 0 Å². The first-order valence-corrected chi connectivity index (χ1v) is 7.49. The Bertz CT molecular complexity index is 777. The maximum Gasteiger partial charge on any atom is 0.135 e. The van der Waals surface area contributed by atoms with Crippen molar-refractivity contribution in [2.45, 2.75) is 27.2 Å². The lowest BCUT2D eigenvalue weighted by Crippen LogP contribution is -2.00. The summed E-state index contributed by atoms with van der Waals surface area (Å²) in [5, 5.41) is 3.36. The third-order valence-electron chi connectivity index (χ3n) is 3.58. The first-order valence-electron chi connectivity index (χ1n) is 7.49. The van der Waals surface area contributed by atoms with Gasteiger partial charge in [-0.05, 0) is 44.5 Å². The zero-order valence-electron chi connectivity index (χ0n) is 13.1. The Balaban J connectivity index is 1.85. The second kappa shape index (κ2) is 6.05. The molecule has 0 unspecified atom stereocenters. The predicted molar refractivity (Wildman–Crippen MR) is 88.9 cm³/mol. The Morgan fingerprint density at radius 3 is 2.68 bits per heavy atom. The number of H-pyrrole nitrogens is 1. The molecule has 2 heterocycles. The Morgan fingerprint density at radius 1 is 1.18 bits per heavy atom. The molecule has 0 aliphatic carbocycles. The molecule has 3 aromatic rings. The van der Waals surface area contributed by atoms with Gasteiger partial charge in [0, 0.05) is 11.3 Å². The van der Waals surface area contributed by atoms with Gasteiger partial charge in [0.2, 0.25) is 0 Å². The van der Waals surface area contributed by atoms with Gasteiger partial charge in [-0.15, -0.1) is 0 Å². The number of anilines is 2. The monoisotopic (exact) mass is 296 g/mol. The molecule has 5 heteroatoms. The summed E-state index contributed by atoms with van der Waals surface area (Å²) in [6, 6.07) is 7.93. The van der Waals surface area contributed by atoms with Gasteiger partial charge in [-0.1, -0.05) is 6.92 Å². The number of hydrogen-bond acceptors (Lipinski definition) is 4. The molecular weight excluding hydrogens is 276 g/mol. The van der Waals surface area contributed by atoms with Gasteiger partial charge in [-0.3, -0.25) is 0 Å². The number of aromatic amines is 1. The van der Waals surface area contributed by atoms with Crippen LogP contribution in [0.1, 0.15) is 24.6 Å². The minimum atomic E-state index is 0.739. The van der Waals surface area contributed by atoms with E-state index in [0.717, 1.165) is 52.6 Å². The van der Waals surface area contributed by atoms with Crippen LogP contribution in [0.3, 0.4) is 0 Å². The Hall–Kier alpha value is -2.56. The highest BCUT2D eigenvalue weighted by atomic mass is 16.5. The Morgan fingerprint density at radius 2 is 1.95 bits per heavy atom. The summed E-state index contributed by atoms with van der Waals surface area (Å²) in [6.07, 6.45) is 2.71. The number of imidazole rings is 1. The molecule has 0 amide bonds. The molecule has 2 N–H and O–H groups in total. The summed E-state index contributed by atoms with van der Waals surface area (Å²) in [5.41, 5.74) is 4.90. The van der Waals surface area contributed by atoms with E-state index in [4.69, 9.17) is 4.74 Å². The molecule has 0 fully saturated rings. The van der Waals surface area contributed by atoms with Gasteiger partial charge in [-0.25, -0.2) is 9.97 Å². The maximum atomic E-state index is 5.59. The zero-order chi connectivity index (χ0) is 15.5. The molecule has 0 aliphatic heterocycles. The molecule has 2 aromatic heterocycles. The summed E-state index contributed by atoms with van der Waals surface area (Å²) in [5.74, 6) is 1.73. The van der Waals surface area contributed by atoms with Crippen molar-refractivity contribution >= 4 is 22.5 Å². The second-order valence-corrected chi connectivity index (χ2v) is 5.29. The number of aromatic nitrogens is 3. The van der Waals surface area contributed by atoms with Crippen molar-refractivity contribution in [1.82, 2.24) is 15.0 Å². The van der Waals surface area contributed by atoms with Crippen molar-refractivity contribution in [2.75, 3.05) is 11.9 Å². The molecule has 0 atom stereocenters. The molecule has 0 bridgehead atoms. The van der Waals surface area contributed by atoms with E-state index in [0.29, 0.717) is 0 Å². The molecule has 3 rings (SSSR count). The second-order valence-electron chi connectivity index (χ2n) is 5.29. The topological polar surface area (TPSA) is 62.8 Å². The Kier molecular flexibility index (Phi) is 3.96. The van der Waals surface area contributed by atoms with Crippen molar-refractivity contribution in [3.05, 3.63) is 41.9 Å². The van der Waals surface area contributed by atoms with Gasteiger partial charge in [0.1, 0.15) is 17.1 Å². The van der Waals surface area contributed by atoms with Crippen LogP contribution in [-0.2, 0) is 0 Å². The summed E-state index contributed by atoms with van der Waals surface area (Å²) < 4.78 is 5.59.